The van der Waals surface area contributed by atoms with Gasteiger partial charge in [0.1, 0.15) is 0 Å². The van der Waals surface area contributed by atoms with E-state index < -0.39 is 0 Å². The van der Waals surface area contributed by atoms with Crippen LogP contribution < -0.4 is 0 Å². The molecule has 0 radical (unpaired) electrons. The lowest BCUT2D eigenvalue weighted by atomic mass is 9.53. The Morgan fingerprint density at radius 3 is 2.49 bits per heavy atom. The zero-order chi connectivity index (χ0) is 33.6. The number of carbonyl (C=O) groups excluding carboxylic acids is 1. The molecule has 1 aromatic heterocycles. The van der Waals surface area contributed by atoms with Crippen molar-refractivity contribution in [2.75, 3.05) is 0 Å². The van der Waals surface area contributed by atoms with Gasteiger partial charge in [-0.05, 0) is 137 Å². The van der Waals surface area contributed by atoms with Gasteiger partial charge in [0.25, 0.3) is 0 Å². The largest absolute Gasteiger partial charge is 0.361 e. The van der Waals surface area contributed by atoms with Gasteiger partial charge in [-0.1, -0.05) is 60.5 Å². The molecule has 12 atom stereocenters. The van der Waals surface area contributed by atoms with Crippen molar-refractivity contribution in [3.05, 3.63) is 45.6 Å². The highest BCUT2D eigenvalue weighted by Gasteiger charge is 2.80. The Morgan fingerprint density at radius 1 is 0.898 bits per heavy atom. The van der Waals surface area contributed by atoms with E-state index in [0.29, 0.717) is 42.0 Å². The molecule has 1 aromatic rings. The van der Waals surface area contributed by atoms with Crippen molar-refractivity contribution in [1.29, 1.82) is 0 Å². The zero-order valence-corrected chi connectivity index (χ0v) is 31.8. The highest BCUT2D eigenvalue weighted by atomic mass is 16.1. The topological polar surface area (TPSA) is 28.5 Å². The standard InChI is InChI=1S/C45H65N3O/c1-7-27-23-38-34(24-29-16-13-18-36(47(29)38)39(49)10-4)45-33(27)25-30-17-14-20-40(48(30)45)44(11-5)42(26(6)31(8-2)43(44)45)41-32(9-3)35-22-21-28-15-12-19-37(41)46(28)35/h20,26-31,33,36,42-43H,7-19,21-25H2,1-6H3/t26-,27+,28+,29-,30-,31-,33+,36-,42-,43+,44-,45+/m1/s1. The fraction of sp³-hybridized carbons (Fsp3) is 0.800. The van der Waals surface area contributed by atoms with E-state index in [1.54, 1.807) is 22.6 Å². The van der Waals surface area contributed by atoms with Gasteiger partial charge in [-0.2, -0.15) is 0 Å². The minimum atomic E-state index is 0.127. The van der Waals surface area contributed by atoms with Crippen LogP contribution in [-0.2, 0) is 24.1 Å². The fourth-order valence-corrected chi connectivity index (χ4v) is 16.4. The smallest absolute Gasteiger partial charge is 0.154 e. The van der Waals surface area contributed by atoms with Crippen LogP contribution in [0.15, 0.2) is 23.0 Å². The molecule has 1 saturated carbocycles. The Bertz CT molecular complexity index is 1630. The Kier molecular flexibility index (Phi) is 7.14. The lowest BCUT2D eigenvalue weighted by Gasteiger charge is -2.53. The SMILES string of the molecule is CCC(=O)[C@H]1CCC[C@@H]2CC3=C(C[C@H](CC)[C@@H]4C[C@H]5CCC=C6N5[C@]34[C@H]3[C@H](CC)[C@@H](C)[C@H](c4c(CC)c5n7c4CCC[C@H]7CC5)[C@@]63CC)N21. The van der Waals surface area contributed by atoms with Crippen LogP contribution in [0, 0.1) is 35.0 Å². The van der Waals surface area contributed by atoms with E-state index in [9.17, 15) is 4.79 Å². The summed E-state index contributed by atoms with van der Waals surface area (Å²) in [6, 6.07) is 2.15. The molecule has 0 amide bonds. The molecule has 7 aliphatic heterocycles. The summed E-state index contributed by atoms with van der Waals surface area (Å²) in [6.45, 7) is 15.1. The Labute approximate surface area is 297 Å². The molecule has 4 heteroatoms. The van der Waals surface area contributed by atoms with Crippen molar-refractivity contribution in [3.63, 3.8) is 0 Å². The van der Waals surface area contributed by atoms with Crippen LogP contribution in [0.5, 0.6) is 0 Å². The van der Waals surface area contributed by atoms with Crippen molar-refractivity contribution in [3.8, 4) is 0 Å². The first-order valence-electron chi connectivity index (χ1n) is 21.7. The van der Waals surface area contributed by atoms with Crippen molar-refractivity contribution in [2.24, 2.45) is 35.0 Å². The quantitative estimate of drug-likeness (QED) is 0.291. The van der Waals surface area contributed by atoms with Crippen molar-refractivity contribution >= 4 is 5.78 Å². The minimum absolute atomic E-state index is 0.127. The molecule has 266 valence electrons. The molecular weight excluding hydrogens is 599 g/mol. The van der Waals surface area contributed by atoms with Crippen LogP contribution in [0.25, 0.3) is 0 Å². The van der Waals surface area contributed by atoms with Gasteiger partial charge < -0.3 is 14.4 Å². The normalized spacial score (nSPS) is 44.1. The molecule has 0 aromatic carbocycles. The fourth-order valence-electron chi connectivity index (χ4n) is 16.4. The first-order valence-corrected chi connectivity index (χ1v) is 21.7. The third-order valence-electron chi connectivity index (χ3n) is 17.6. The van der Waals surface area contributed by atoms with Gasteiger partial charge in [0.15, 0.2) is 5.78 Å². The predicted molar refractivity (Wildman–Crippen MR) is 198 cm³/mol. The van der Waals surface area contributed by atoms with Crippen LogP contribution in [0.1, 0.15) is 172 Å². The van der Waals surface area contributed by atoms with Crippen molar-refractivity contribution in [1.82, 2.24) is 14.4 Å². The Hall–Kier alpha value is -1.97. The van der Waals surface area contributed by atoms with E-state index >= 15 is 0 Å². The molecule has 4 fully saturated rings. The predicted octanol–water partition coefficient (Wildman–Crippen LogP) is 10.1. The minimum Gasteiger partial charge on any atom is -0.361 e. The summed E-state index contributed by atoms with van der Waals surface area (Å²) < 4.78 is 2.95. The first kappa shape index (κ1) is 31.7. The molecule has 4 nitrogen and oxygen atoms in total. The van der Waals surface area contributed by atoms with E-state index in [2.05, 4.69) is 62.0 Å². The number of carbonyl (C=O) groups is 1. The molecular formula is C45H65N3O. The molecule has 0 unspecified atom stereocenters. The van der Waals surface area contributed by atoms with Crippen molar-refractivity contribution in [2.45, 2.75) is 193 Å². The second kappa shape index (κ2) is 11.0. The number of ketones is 1. The molecule has 49 heavy (non-hydrogen) atoms. The Morgan fingerprint density at radius 2 is 1.73 bits per heavy atom. The lowest BCUT2D eigenvalue weighted by molar-refractivity contribution is -0.125. The van der Waals surface area contributed by atoms with Crippen LogP contribution in [-0.4, -0.2) is 43.8 Å². The summed E-state index contributed by atoms with van der Waals surface area (Å²) in [6.07, 6.45) is 25.5. The second-order valence-corrected chi connectivity index (χ2v) is 18.6. The average Bonchev–Trinajstić information content (AvgIpc) is 3.95. The number of fused-ring (bicyclic) bond motifs is 4. The summed E-state index contributed by atoms with van der Waals surface area (Å²) in [4.78, 5) is 19.8. The maximum absolute atomic E-state index is 13.7. The number of allylic oxidation sites excluding steroid dienone is 3. The molecule has 0 bridgehead atoms. The van der Waals surface area contributed by atoms with Gasteiger partial charge in [-0.3, -0.25) is 4.79 Å². The maximum atomic E-state index is 13.7. The molecule has 2 aliphatic carbocycles. The average molecular weight is 664 g/mol. The third-order valence-corrected chi connectivity index (χ3v) is 17.6. The monoisotopic (exact) mass is 664 g/mol. The van der Waals surface area contributed by atoms with Gasteiger partial charge >= 0.3 is 0 Å². The zero-order valence-electron chi connectivity index (χ0n) is 31.8. The summed E-state index contributed by atoms with van der Waals surface area (Å²) in [5, 5.41) is 0. The third kappa shape index (κ3) is 3.57. The van der Waals surface area contributed by atoms with E-state index in [4.69, 9.17) is 0 Å². The number of rotatable bonds is 7. The molecule has 10 rings (SSSR count). The number of aromatic nitrogens is 1. The number of hydrogen-bond acceptors (Lipinski definition) is 3. The van der Waals surface area contributed by atoms with E-state index in [0.717, 1.165) is 30.2 Å². The van der Waals surface area contributed by atoms with Crippen LogP contribution in [0.4, 0.5) is 0 Å². The highest BCUT2D eigenvalue weighted by molar-refractivity contribution is 5.84. The molecule has 0 N–H and O–H groups in total. The summed E-state index contributed by atoms with van der Waals surface area (Å²) >= 11 is 0. The lowest BCUT2D eigenvalue weighted by Crippen LogP contribution is -2.57. The molecule has 3 saturated heterocycles. The number of hydrogen-bond donors (Lipinski definition) is 0. The van der Waals surface area contributed by atoms with Crippen LogP contribution in [0.3, 0.4) is 0 Å². The first-order chi connectivity index (χ1) is 23.9. The van der Waals surface area contributed by atoms with E-state index in [-0.39, 0.29) is 17.0 Å². The highest BCUT2D eigenvalue weighted by Crippen LogP contribution is 2.81. The summed E-state index contributed by atoms with van der Waals surface area (Å²) in [7, 11) is 0. The van der Waals surface area contributed by atoms with Crippen molar-refractivity contribution < 1.29 is 4.79 Å². The summed E-state index contributed by atoms with van der Waals surface area (Å²) in [5.74, 6) is 4.74. The number of nitrogens with zero attached hydrogens (tertiary/aromatic N) is 3. The van der Waals surface area contributed by atoms with Gasteiger partial charge in [0.2, 0.25) is 0 Å². The summed E-state index contributed by atoms with van der Waals surface area (Å²) in [5.41, 5.74) is 13.0. The van der Waals surface area contributed by atoms with E-state index in [1.165, 1.54) is 103 Å². The second-order valence-electron chi connectivity index (χ2n) is 18.6. The number of Topliss-reactive ketones (excluding diaryl/α,β-unsaturated/α-hetero) is 1. The number of piperidine rings is 1. The van der Waals surface area contributed by atoms with Gasteiger partial charge in [-0.25, -0.2) is 0 Å². The molecule has 9 aliphatic rings. The Balaban J connectivity index is 1.24. The van der Waals surface area contributed by atoms with Gasteiger partial charge in [0.05, 0.1) is 11.6 Å². The molecule has 1 spiro atoms. The van der Waals surface area contributed by atoms with Crippen LogP contribution >= 0.6 is 0 Å². The van der Waals surface area contributed by atoms with Gasteiger partial charge in [0, 0.05) is 64.6 Å². The molecule has 8 heterocycles. The van der Waals surface area contributed by atoms with E-state index in [1.807, 2.05) is 16.8 Å². The van der Waals surface area contributed by atoms with Gasteiger partial charge in [-0.15, -0.1) is 0 Å². The maximum Gasteiger partial charge on any atom is 0.154 e. The van der Waals surface area contributed by atoms with Crippen LogP contribution in [0.2, 0.25) is 0 Å².